The average Bonchev–Trinajstić information content (AvgIpc) is 3.16. The van der Waals surface area contributed by atoms with Gasteiger partial charge in [0.2, 0.25) is 0 Å². The Morgan fingerprint density at radius 3 is 2.65 bits per heavy atom. The van der Waals surface area contributed by atoms with Crippen LogP contribution in [-0.4, -0.2) is 67.3 Å². The van der Waals surface area contributed by atoms with Crippen LogP contribution in [0.15, 0.2) is 29.3 Å². The van der Waals surface area contributed by atoms with Crippen LogP contribution in [0.5, 0.6) is 0 Å². The van der Waals surface area contributed by atoms with Crippen molar-refractivity contribution in [3.63, 3.8) is 0 Å². The van der Waals surface area contributed by atoms with Gasteiger partial charge in [-0.1, -0.05) is 29.8 Å². The number of aryl methyl sites for hydroxylation is 1. The Morgan fingerprint density at radius 1 is 1.23 bits per heavy atom. The molecule has 0 amide bonds. The van der Waals surface area contributed by atoms with Crippen molar-refractivity contribution in [1.82, 2.24) is 15.5 Å². The summed E-state index contributed by atoms with van der Waals surface area (Å²) in [5, 5.41) is 7.02. The Bertz CT molecular complexity index is 578. The first-order valence-corrected chi connectivity index (χ1v) is 10.9. The fourth-order valence-corrected chi connectivity index (χ4v) is 5.07. The molecule has 0 spiro atoms. The minimum absolute atomic E-state index is 0.231. The van der Waals surface area contributed by atoms with Crippen molar-refractivity contribution >= 4 is 17.7 Å². The predicted molar refractivity (Wildman–Crippen MR) is 111 cm³/mol. The van der Waals surface area contributed by atoms with Gasteiger partial charge in [0.25, 0.3) is 0 Å². The smallest absolute Gasteiger partial charge is 0.191 e. The quantitative estimate of drug-likeness (QED) is 0.589. The monoisotopic (exact) mass is 376 g/mol. The maximum Gasteiger partial charge on any atom is 0.191 e. The molecule has 0 bridgehead atoms. The van der Waals surface area contributed by atoms with E-state index in [0.717, 1.165) is 45.4 Å². The van der Waals surface area contributed by atoms with E-state index in [1.165, 1.54) is 29.1 Å². The molecule has 6 heteroatoms. The van der Waals surface area contributed by atoms with Crippen LogP contribution in [0.4, 0.5) is 0 Å². The Balaban J connectivity index is 1.62. The van der Waals surface area contributed by atoms with Crippen LogP contribution in [-0.2, 0) is 11.3 Å². The third-order valence-electron chi connectivity index (χ3n) is 5.23. The number of morpholine rings is 1. The van der Waals surface area contributed by atoms with Crippen molar-refractivity contribution in [2.45, 2.75) is 32.4 Å². The largest absolute Gasteiger partial charge is 0.379 e. The lowest BCUT2D eigenvalue weighted by Gasteiger charge is -2.43. The van der Waals surface area contributed by atoms with Gasteiger partial charge in [-0.05, 0) is 31.6 Å². The molecule has 2 heterocycles. The summed E-state index contributed by atoms with van der Waals surface area (Å²) in [6, 6.07) is 8.61. The van der Waals surface area contributed by atoms with Gasteiger partial charge in [-0.3, -0.25) is 4.90 Å². The van der Waals surface area contributed by atoms with Crippen molar-refractivity contribution in [2.75, 3.05) is 50.9 Å². The van der Waals surface area contributed by atoms with Crippen LogP contribution < -0.4 is 10.6 Å². The first-order valence-electron chi connectivity index (χ1n) is 9.70. The number of benzene rings is 1. The fourth-order valence-electron chi connectivity index (χ4n) is 3.59. The van der Waals surface area contributed by atoms with Gasteiger partial charge in [-0.25, -0.2) is 4.99 Å². The van der Waals surface area contributed by atoms with Crippen molar-refractivity contribution in [2.24, 2.45) is 4.99 Å². The highest BCUT2D eigenvalue weighted by Crippen LogP contribution is 2.33. The van der Waals surface area contributed by atoms with E-state index in [2.05, 4.69) is 65.4 Å². The zero-order valence-corrected chi connectivity index (χ0v) is 16.9. The van der Waals surface area contributed by atoms with E-state index in [-0.39, 0.29) is 5.54 Å². The molecule has 2 saturated heterocycles. The maximum absolute atomic E-state index is 5.56. The molecule has 0 saturated carbocycles. The van der Waals surface area contributed by atoms with Crippen LogP contribution in [0.2, 0.25) is 0 Å². The maximum atomic E-state index is 5.56. The summed E-state index contributed by atoms with van der Waals surface area (Å²) >= 11 is 2.07. The number of nitrogens with one attached hydrogen (secondary N) is 2. The van der Waals surface area contributed by atoms with Crippen LogP contribution in [0, 0.1) is 6.92 Å². The van der Waals surface area contributed by atoms with Gasteiger partial charge < -0.3 is 15.4 Å². The van der Waals surface area contributed by atoms with Gasteiger partial charge in [0, 0.05) is 37.5 Å². The molecule has 2 N–H and O–H groups in total. The van der Waals surface area contributed by atoms with Crippen LogP contribution >= 0.6 is 11.8 Å². The van der Waals surface area contributed by atoms with Crippen LogP contribution in [0.1, 0.15) is 24.5 Å². The van der Waals surface area contributed by atoms with Crippen LogP contribution in [0.3, 0.4) is 0 Å². The summed E-state index contributed by atoms with van der Waals surface area (Å²) in [7, 11) is 0. The van der Waals surface area contributed by atoms with E-state index in [1.54, 1.807) is 0 Å². The Kier molecular flexibility index (Phi) is 7.23. The second-order valence-electron chi connectivity index (χ2n) is 7.16. The summed E-state index contributed by atoms with van der Waals surface area (Å²) in [6.45, 7) is 10.5. The normalized spacial score (nSPS) is 24.6. The number of guanidine groups is 1. The van der Waals surface area contributed by atoms with E-state index < -0.39 is 0 Å². The lowest BCUT2D eigenvalue weighted by molar-refractivity contribution is -0.0120. The van der Waals surface area contributed by atoms with Crippen LogP contribution in [0.25, 0.3) is 0 Å². The summed E-state index contributed by atoms with van der Waals surface area (Å²) in [5.74, 6) is 3.35. The SMILES string of the molecule is CCNC(=NCc1ccc(C)cc1)NCC1(N2CCOCC2)CCSC1. The van der Waals surface area contributed by atoms with Gasteiger partial charge >= 0.3 is 0 Å². The van der Waals surface area contributed by atoms with E-state index in [9.17, 15) is 0 Å². The molecule has 144 valence electrons. The number of aliphatic imine (C=N–C) groups is 1. The molecule has 3 rings (SSSR count). The molecular formula is C20H32N4OS. The Labute approximate surface area is 162 Å². The third kappa shape index (κ3) is 5.15. The molecule has 2 aliphatic rings. The molecule has 0 aromatic heterocycles. The van der Waals surface area contributed by atoms with Gasteiger partial charge in [-0.15, -0.1) is 0 Å². The predicted octanol–water partition coefficient (Wildman–Crippen LogP) is 2.26. The molecule has 0 radical (unpaired) electrons. The highest BCUT2D eigenvalue weighted by molar-refractivity contribution is 7.99. The topological polar surface area (TPSA) is 48.9 Å². The van der Waals surface area contributed by atoms with Gasteiger partial charge in [0.15, 0.2) is 5.96 Å². The zero-order valence-electron chi connectivity index (χ0n) is 16.1. The average molecular weight is 377 g/mol. The van der Waals surface area contributed by atoms with Crippen molar-refractivity contribution in [3.05, 3.63) is 35.4 Å². The second-order valence-corrected chi connectivity index (χ2v) is 8.27. The first kappa shape index (κ1) is 19.5. The van der Waals surface area contributed by atoms with Gasteiger partial charge in [0.05, 0.1) is 19.8 Å². The fraction of sp³-hybridized carbons (Fsp3) is 0.650. The number of hydrogen-bond donors (Lipinski definition) is 2. The Hall–Kier alpha value is -1.24. The third-order valence-corrected chi connectivity index (χ3v) is 6.47. The molecule has 2 fully saturated rings. The molecular weight excluding hydrogens is 344 g/mol. The highest BCUT2D eigenvalue weighted by atomic mass is 32.2. The van der Waals surface area contributed by atoms with Crippen molar-refractivity contribution in [1.29, 1.82) is 0 Å². The minimum atomic E-state index is 0.231. The number of rotatable bonds is 6. The summed E-state index contributed by atoms with van der Waals surface area (Å²) in [6.07, 6.45) is 1.24. The van der Waals surface area contributed by atoms with Crippen molar-refractivity contribution < 1.29 is 4.74 Å². The summed E-state index contributed by atoms with van der Waals surface area (Å²) < 4.78 is 5.56. The zero-order chi connectivity index (χ0) is 18.2. The number of thioether (sulfide) groups is 1. The molecule has 26 heavy (non-hydrogen) atoms. The highest BCUT2D eigenvalue weighted by Gasteiger charge is 2.40. The van der Waals surface area contributed by atoms with Gasteiger partial charge in [-0.2, -0.15) is 11.8 Å². The standard InChI is InChI=1S/C20H32N4OS/c1-3-21-19(22-14-18-6-4-17(2)5-7-18)23-15-20(8-13-26-16-20)24-9-11-25-12-10-24/h4-7H,3,8-16H2,1-2H3,(H2,21,22,23). The number of ether oxygens (including phenoxy) is 1. The molecule has 2 aliphatic heterocycles. The molecule has 1 aromatic rings. The van der Waals surface area contributed by atoms with E-state index in [0.29, 0.717) is 6.54 Å². The molecule has 1 aromatic carbocycles. The summed E-state index contributed by atoms with van der Waals surface area (Å²) in [4.78, 5) is 7.43. The van der Waals surface area contributed by atoms with E-state index >= 15 is 0 Å². The lowest BCUT2D eigenvalue weighted by atomic mass is 9.95. The molecule has 1 unspecified atom stereocenters. The molecule has 1 atom stereocenters. The number of nitrogens with zero attached hydrogens (tertiary/aromatic N) is 2. The minimum Gasteiger partial charge on any atom is -0.379 e. The molecule has 0 aliphatic carbocycles. The van der Waals surface area contributed by atoms with Crippen molar-refractivity contribution in [3.8, 4) is 0 Å². The van der Waals surface area contributed by atoms with Gasteiger partial charge in [0.1, 0.15) is 0 Å². The first-order chi connectivity index (χ1) is 12.7. The lowest BCUT2D eigenvalue weighted by Crippen LogP contribution is -2.60. The molecule has 5 nitrogen and oxygen atoms in total. The van der Waals surface area contributed by atoms with E-state index in [1.807, 2.05) is 0 Å². The summed E-state index contributed by atoms with van der Waals surface area (Å²) in [5.41, 5.74) is 2.76. The Morgan fingerprint density at radius 2 is 2.00 bits per heavy atom. The second kappa shape index (κ2) is 9.62. The number of hydrogen-bond acceptors (Lipinski definition) is 4. The van der Waals surface area contributed by atoms with E-state index in [4.69, 9.17) is 9.73 Å².